The Bertz CT molecular complexity index is 971. The molecular formula is C20H24N2O5S. The molecule has 0 radical (unpaired) electrons. The third kappa shape index (κ3) is 4.28. The van der Waals surface area contributed by atoms with Crippen LogP contribution in [0.25, 0.3) is 0 Å². The maximum atomic E-state index is 12.6. The van der Waals surface area contributed by atoms with Crippen molar-refractivity contribution in [3.8, 4) is 11.5 Å². The van der Waals surface area contributed by atoms with Gasteiger partial charge in [0.25, 0.3) is 5.91 Å². The molecule has 0 aliphatic carbocycles. The second kappa shape index (κ2) is 8.20. The molecule has 2 N–H and O–H groups in total. The van der Waals surface area contributed by atoms with Crippen molar-refractivity contribution in [2.24, 2.45) is 0 Å². The van der Waals surface area contributed by atoms with Gasteiger partial charge in [-0.15, -0.1) is 0 Å². The normalized spacial score (nSPS) is 15.6. The van der Waals surface area contributed by atoms with Crippen molar-refractivity contribution in [2.45, 2.75) is 38.2 Å². The monoisotopic (exact) mass is 404 g/mol. The molecule has 28 heavy (non-hydrogen) atoms. The number of hydrogen-bond acceptors (Lipinski definition) is 5. The van der Waals surface area contributed by atoms with Crippen molar-refractivity contribution in [1.29, 1.82) is 0 Å². The van der Waals surface area contributed by atoms with Crippen LogP contribution in [-0.2, 0) is 16.4 Å². The fraction of sp³-hybridized carbons (Fsp3) is 0.350. The van der Waals surface area contributed by atoms with Gasteiger partial charge in [-0.1, -0.05) is 6.92 Å². The smallest absolute Gasteiger partial charge is 0.255 e. The number of rotatable bonds is 7. The van der Waals surface area contributed by atoms with Crippen molar-refractivity contribution < 1.29 is 22.7 Å². The molecule has 0 saturated carbocycles. The summed E-state index contributed by atoms with van der Waals surface area (Å²) in [7, 11) is -3.56. The molecule has 0 bridgehead atoms. The number of ether oxygens (including phenoxy) is 2. The van der Waals surface area contributed by atoms with Crippen molar-refractivity contribution in [1.82, 2.24) is 4.72 Å². The van der Waals surface area contributed by atoms with E-state index in [0.717, 1.165) is 17.7 Å². The van der Waals surface area contributed by atoms with Crippen LogP contribution in [0, 0.1) is 0 Å². The third-order valence-electron chi connectivity index (χ3n) is 4.31. The van der Waals surface area contributed by atoms with Gasteiger partial charge >= 0.3 is 0 Å². The Morgan fingerprint density at radius 2 is 1.93 bits per heavy atom. The van der Waals surface area contributed by atoms with Gasteiger partial charge in [0.1, 0.15) is 17.6 Å². The maximum Gasteiger partial charge on any atom is 0.255 e. The summed E-state index contributed by atoms with van der Waals surface area (Å²) in [5.74, 6) is 0.955. The van der Waals surface area contributed by atoms with Gasteiger partial charge in [0.2, 0.25) is 10.0 Å². The zero-order valence-electron chi connectivity index (χ0n) is 16.1. The summed E-state index contributed by atoms with van der Waals surface area (Å²) in [6.07, 6.45) is 0.882. The van der Waals surface area contributed by atoms with Crippen molar-refractivity contribution in [3.05, 3.63) is 47.5 Å². The van der Waals surface area contributed by atoms with E-state index in [1.54, 1.807) is 13.0 Å². The van der Waals surface area contributed by atoms with Crippen LogP contribution in [0.1, 0.15) is 36.7 Å². The largest absolute Gasteiger partial charge is 0.492 e. The van der Waals surface area contributed by atoms with Gasteiger partial charge in [0.05, 0.1) is 17.2 Å². The van der Waals surface area contributed by atoms with Crippen molar-refractivity contribution >= 4 is 21.6 Å². The molecule has 1 aliphatic heterocycles. The van der Waals surface area contributed by atoms with E-state index in [9.17, 15) is 13.2 Å². The summed E-state index contributed by atoms with van der Waals surface area (Å²) in [4.78, 5) is 12.8. The lowest BCUT2D eigenvalue weighted by Gasteiger charge is -2.14. The molecule has 3 rings (SSSR count). The Labute approximate surface area is 165 Å². The van der Waals surface area contributed by atoms with E-state index in [-0.39, 0.29) is 16.9 Å². The molecule has 0 spiro atoms. The Morgan fingerprint density at radius 3 is 2.57 bits per heavy atom. The molecule has 1 atom stereocenters. The standard InChI is InChI=1S/C20H24N2O5S/c1-4-21-28(24,25)16-8-6-14(7-9-16)20(23)22-17-12-18-15(10-13(3)27-18)11-19(17)26-5-2/h6-9,11-13,21H,4-5,10H2,1-3H3,(H,22,23)/t13-/m1/s1. The first kappa shape index (κ1) is 20.2. The molecule has 1 amide bonds. The molecule has 0 unspecified atom stereocenters. The van der Waals surface area contributed by atoms with Crippen LogP contribution in [0.5, 0.6) is 11.5 Å². The van der Waals surface area contributed by atoms with Gasteiger partial charge in [-0.3, -0.25) is 4.79 Å². The fourth-order valence-electron chi connectivity index (χ4n) is 3.07. The number of hydrogen-bond donors (Lipinski definition) is 2. The summed E-state index contributed by atoms with van der Waals surface area (Å²) in [6.45, 7) is 6.33. The summed E-state index contributed by atoms with van der Waals surface area (Å²) in [5.41, 5.74) is 1.91. The molecular weight excluding hydrogens is 380 g/mol. The average Bonchev–Trinajstić information content (AvgIpc) is 3.01. The van der Waals surface area contributed by atoms with Crippen LogP contribution in [0.4, 0.5) is 5.69 Å². The fourth-order valence-corrected chi connectivity index (χ4v) is 4.11. The molecule has 0 fully saturated rings. The minimum atomic E-state index is -3.56. The topological polar surface area (TPSA) is 93.7 Å². The first-order valence-electron chi connectivity index (χ1n) is 9.21. The summed E-state index contributed by atoms with van der Waals surface area (Å²) >= 11 is 0. The lowest BCUT2D eigenvalue weighted by Crippen LogP contribution is -2.23. The number of carbonyl (C=O) groups is 1. The zero-order chi connectivity index (χ0) is 20.3. The molecule has 2 aromatic carbocycles. The second-order valence-corrected chi connectivity index (χ2v) is 8.27. The summed E-state index contributed by atoms with van der Waals surface area (Å²) in [6, 6.07) is 9.43. The number of benzene rings is 2. The minimum Gasteiger partial charge on any atom is -0.492 e. The van der Waals surface area contributed by atoms with Crippen LogP contribution in [-0.4, -0.2) is 33.6 Å². The van der Waals surface area contributed by atoms with E-state index in [4.69, 9.17) is 9.47 Å². The molecule has 1 aliphatic rings. The number of carbonyl (C=O) groups excluding carboxylic acids is 1. The summed E-state index contributed by atoms with van der Waals surface area (Å²) < 4.78 is 37.9. The van der Waals surface area contributed by atoms with Gasteiger partial charge in [-0.05, 0) is 44.2 Å². The van der Waals surface area contributed by atoms with Gasteiger partial charge in [-0.2, -0.15) is 0 Å². The van der Waals surface area contributed by atoms with E-state index >= 15 is 0 Å². The molecule has 1 heterocycles. The predicted octanol–water partition coefficient (Wildman–Crippen LogP) is 2.96. The van der Waals surface area contributed by atoms with Crippen LogP contribution >= 0.6 is 0 Å². The van der Waals surface area contributed by atoms with Crippen LogP contribution < -0.4 is 19.5 Å². The highest BCUT2D eigenvalue weighted by molar-refractivity contribution is 7.89. The highest BCUT2D eigenvalue weighted by Gasteiger charge is 2.23. The number of nitrogens with one attached hydrogen (secondary N) is 2. The first-order valence-corrected chi connectivity index (χ1v) is 10.7. The van der Waals surface area contributed by atoms with E-state index < -0.39 is 10.0 Å². The lowest BCUT2D eigenvalue weighted by molar-refractivity contribution is 0.102. The van der Waals surface area contributed by atoms with Crippen LogP contribution in [0.3, 0.4) is 0 Å². The Balaban J connectivity index is 1.82. The number of fused-ring (bicyclic) bond motifs is 1. The summed E-state index contributed by atoms with van der Waals surface area (Å²) in [5, 5.41) is 2.83. The predicted molar refractivity (Wildman–Crippen MR) is 107 cm³/mol. The molecule has 0 aromatic heterocycles. The maximum absolute atomic E-state index is 12.6. The van der Waals surface area contributed by atoms with E-state index in [1.165, 1.54) is 24.3 Å². The van der Waals surface area contributed by atoms with Gasteiger partial charge in [-0.25, -0.2) is 13.1 Å². The third-order valence-corrected chi connectivity index (χ3v) is 5.87. The van der Waals surface area contributed by atoms with E-state index in [1.807, 2.05) is 19.9 Å². The van der Waals surface area contributed by atoms with Gasteiger partial charge in [0.15, 0.2) is 0 Å². The van der Waals surface area contributed by atoms with E-state index in [0.29, 0.717) is 30.2 Å². The van der Waals surface area contributed by atoms with E-state index in [2.05, 4.69) is 10.0 Å². The first-order chi connectivity index (χ1) is 13.3. The van der Waals surface area contributed by atoms with Crippen LogP contribution in [0.2, 0.25) is 0 Å². The van der Waals surface area contributed by atoms with Crippen LogP contribution in [0.15, 0.2) is 41.3 Å². The Morgan fingerprint density at radius 1 is 1.21 bits per heavy atom. The minimum absolute atomic E-state index is 0.0849. The number of sulfonamides is 1. The second-order valence-electron chi connectivity index (χ2n) is 6.50. The SMILES string of the molecule is CCNS(=O)(=O)c1ccc(C(=O)Nc2cc3c(cc2OCC)C[C@@H](C)O3)cc1. The number of anilines is 1. The van der Waals surface area contributed by atoms with Gasteiger partial charge in [0, 0.05) is 30.2 Å². The lowest BCUT2D eigenvalue weighted by atomic mass is 10.1. The molecule has 7 nitrogen and oxygen atoms in total. The Hall–Kier alpha value is -2.58. The highest BCUT2D eigenvalue weighted by Crippen LogP contribution is 2.38. The Kier molecular flexibility index (Phi) is 5.90. The molecule has 2 aromatic rings. The van der Waals surface area contributed by atoms with Crippen molar-refractivity contribution in [3.63, 3.8) is 0 Å². The number of amides is 1. The molecule has 8 heteroatoms. The average molecular weight is 404 g/mol. The van der Waals surface area contributed by atoms with Gasteiger partial charge < -0.3 is 14.8 Å². The quantitative estimate of drug-likeness (QED) is 0.740. The molecule has 150 valence electrons. The zero-order valence-corrected chi connectivity index (χ0v) is 16.9. The highest BCUT2D eigenvalue weighted by atomic mass is 32.2. The molecule has 0 saturated heterocycles. The van der Waals surface area contributed by atoms with Crippen molar-refractivity contribution in [2.75, 3.05) is 18.5 Å².